The van der Waals surface area contributed by atoms with Crippen molar-refractivity contribution in [1.29, 1.82) is 0 Å². The first-order valence-corrected chi connectivity index (χ1v) is 8.30. The lowest BCUT2D eigenvalue weighted by Gasteiger charge is -2.24. The van der Waals surface area contributed by atoms with Crippen molar-refractivity contribution in [3.05, 3.63) is 41.7 Å². The molecule has 1 aromatic heterocycles. The number of para-hydroxylation sites is 2. The Kier molecular flexibility index (Phi) is 3.36. The Labute approximate surface area is 136 Å². The summed E-state index contributed by atoms with van der Waals surface area (Å²) in [5.74, 6) is 0.558. The van der Waals surface area contributed by atoms with Gasteiger partial charge in [0.15, 0.2) is 0 Å². The Hall–Kier alpha value is -2.30. The molecule has 0 atom stereocenters. The van der Waals surface area contributed by atoms with Crippen molar-refractivity contribution in [2.45, 2.75) is 25.2 Å². The van der Waals surface area contributed by atoms with Crippen LogP contribution in [0.15, 0.2) is 30.5 Å². The summed E-state index contributed by atoms with van der Waals surface area (Å²) in [5, 5.41) is 4.54. The van der Waals surface area contributed by atoms with Gasteiger partial charge in [-0.3, -0.25) is 9.48 Å². The first kappa shape index (κ1) is 14.3. The predicted molar refractivity (Wildman–Crippen MR) is 91.2 cm³/mol. The van der Waals surface area contributed by atoms with Crippen LogP contribution in [0.2, 0.25) is 0 Å². The van der Waals surface area contributed by atoms with Crippen LogP contribution in [0.4, 0.5) is 11.4 Å². The van der Waals surface area contributed by atoms with Crippen LogP contribution in [0.5, 0.6) is 0 Å². The Morgan fingerprint density at radius 3 is 2.61 bits per heavy atom. The minimum Gasteiger partial charge on any atom is -0.373 e. The molecule has 0 spiro atoms. The van der Waals surface area contributed by atoms with E-state index in [4.69, 9.17) is 0 Å². The molecule has 0 N–H and O–H groups in total. The van der Waals surface area contributed by atoms with Crippen molar-refractivity contribution >= 4 is 17.3 Å². The van der Waals surface area contributed by atoms with Crippen molar-refractivity contribution in [2.75, 3.05) is 29.9 Å². The fourth-order valence-electron chi connectivity index (χ4n) is 3.41. The van der Waals surface area contributed by atoms with Gasteiger partial charge >= 0.3 is 0 Å². The van der Waals surface area contributed by atoms with Crippen molar-refractivity contribution in [3.8, 4) is 0 Å². The Bertz CT molecular complexity index is 747. The zero-order valence-corrected chi connectivity index (χ0v) is 13.7. The van der Waals surface area contributed by atoms with Crippen LogP contribution in [0.25, 0.3) is 0 Å². The minimum absolute atomic E-state index is 0.0859. The van der Waals surface area contributed by atoms with E-state index in [-0.39, 0.29) is 5.91 Å². The molecule has 5 nitrogen and oxygen atoms in total. The Morgan fingerprint density at radius 1 is 1.13 bits per heavy atom. The number of rotatable bonds is 2. The normalized spacial score (nSPS) is 17.8. The van der Waals surface area contributed by atoms with Crippen LogP contribution in [-0.4, -0.2) is 35.8 Å². The number of hydrogen-bond acceptors (Lipinski definition) is 3. The third-order valence-electron chi connectivity index (χ3n) is 4.76. The third-order valence-corrected chi connectivity index (χ3v) is 4.76. The standard InChI is InChI=1S/C18H22N4O/c1-20-10-5-11-22(16-7-4-3-6-15(16)20)18(23)14-12-21(2)19-17(14)13-8-9-13/h3-4,6-7,12-13H,5,8-11H2,1-2H3. The molecule has 2 heterocycles. The summed E-state index contributed by atoms with van der Waals surface area (Å²) < 4.78 is 1.77. The number of benzene rings is 1. The molecular weight excluding hydrogens is 288 g/mol. The Balaban J connectivity index is 1.75. The summed E-state index contributed by atoms with van der Waals surface area (Å²) in [7, 11) is 3.99. The van der Waals surface area contributed by atoms with E-state index >= 15 is 0 Å². The molecule has 0 saturated heterocycles. The number of hydrogen-bond donors (Lipinski definition) is 0. The number of aryl methyl sites for hydroxylation is 1. The van der Waals surface area contributed by atoms with Gasteiger partial charge in [0.05, 0.1) is 22.6 Å². The first-order valence-electron chi connectivity index (χ1n) is 8.30. The molecule has 0 bridgehead atoms. The van der Waals surface area contributed by atoms with Gasteiger partial charge in [-0.1, -0.05) is 12.1 Å². The van der Waals surface area contributed by atoms with E-state index < -0.39 is 0 Å². The SMILES string of the molecule is CN1CCCN(C(=O)c2cn(C)nc2C2CC2)c2ccccc21. The van der Waals surface area contributed by atoms with Gasteiger partial charge in [0, 0.05) is 39.3 Å². The van der Waals surface area contributed by atoms with Gasteiger partial charge in [-0.05, 0) is 31.4 Å². The lowest BCUT2D eigenvalue weighted by atomic mass is 10.1. The highest BCUT2D eigenvalue weighted by atomic mass is 16.2. The average molecular weight is 310 g/mol. The van der Waals surface area contributed by atoms with Gasteiger partial charge in [-0.25, -0.2) is 0 Å². The van der Waals surface area contributed by atoms with Crippen molar-refractivity contribution in [2.24, 2.45) is 7.05 Å². The van der Waals surface area contributed by atoms with Crippen LogP contribution in [0, 0.1) is 0 Å². The molecule has 0 radical (unpaired) electrons. The van der Waals surface area contributed by atoms with Gasteiger partial charge in [0.1, 0.15) is 0 Å². The van der Waals surface area contributed by atoms with Crippen molar-refractivity contribution in [3.63, 3.8) is 0 Å². The molecule has 1 aromatic carbocycles. The summed E-state index contributed by atoms with van der Waals surface area (Å²) in [6.45, 7) is 1.71. The van der Waals surface area contributed by atoms with Gasteiger partial charge in [0.25, 0.3) is 5.91 Å². The molecular formula is C18H22N4O. The molecule has 1 fully saturated rings. The summed E-state index contributed by atoms with van der Waals surface area (Å²) >= 11 is 0. The minimum atomic E-state index is 0.0859. The molecule has 1 amide bonds. The number of carbonyl (C=O) groups is 1. The van der Waals surface area contributed by atoms with E-state index in [9.17, 15) is 4.79 Å². The van der Waals surface area contributed by atoms with E-state index in [2.05, 4.69) is 23.1 Å². The Morgan fingerprint density at radius 2 is 1.87 bits per heavy atom. The number of nitrogens with zero attached hydrogens (tertiary/aromatic N) is 4. The van der Waals surface area contributed by atoms with Crippen LogP contribution < -0.4 is 9.80 Å². The van der Waals surface area contributed by atoms with Crippen molar-refractivity contribution in [1.82, 2.24) is 9.78 Å². The highest BCUT2D eigenvalue weighted by Crippen LogP contribution is 2.41. The van der Waals surface area contributed by atoms with E-state index in [1.807, 2.05) is 36.3 Å². The molecule has 120 valence electrons. The fourth-order valence-corrected chi connectivity index (χ4v) is 3.41. The molecule has 5 heteroatoms. The van der Waals surface area contributed by atoms with Gasteiger partial charge in [-0.2, -0.15) is 5.10 Å². The smallest absolute Gasteiger partial charge is 0.261 e. The molecule has 4 rings (SSSR count). The van der Waals surface area contributed by atoms with E-state index in [0.717, 1.165) is 55.0 Å². The topological polar surface area (TPSA) is 41.4 Å². The molecule has 0 unspecified atom stereocenters. The number of fused-ring (bicyclic) bond motifs is 1. The number of carbonyl (C=O) groups excluding carboxylic acids is 1. The summed E-state index contributed by atoms with van der Waals surface area (Å²) in [6.07, 6.45) is 5.15. The van der Waals surface area contributed by atoms with Crippen LogP contribution in [0.3, 0.4) is 0 Å². The highest BCUT2D eigenvalue weighted by Gasteiger charge is 2.34. The average Bonchev–Trinajstić information content (AvgIpc) is 3.34. The molecule has 1 saturated carbocycles. The summed E-state index contributed by atoms with van der Waals surface area (Å²) in [5.41, 5.74) is 3.88. The second-order valence-corrected chi connectivity index (χ2v) is 6.60. The summed E-state index contributed by atoms with van der Waals surface area (Å²) in [6, 6.07) is 8.17. The van der Waals surface area contributed by atoms with E-state index in [1.165, 1.54) is 0 Å². The van der Waals surface area contributed by atoms with Crippen molar-refractivity contribution < 1.29 is 4.79 Å². The highest BCUT2D eigenvalue weighted by molar-refractivity contribution is 6.08. The largest absolute Gasteiger partial charge is 0.373 e. The van der Waals surface area contributed by atoms with Gasteiger partial charge in [-0.15, -0.1) is 0 Å². The lowest BCUT2D eigenvalue weighted by Crippen LogP contribution is -2.32. The van der Waals surface area contributed by atoms with Crippen LogP contribution in [-0.2, 0) is 7.05 Å². The summed E-state index contributed by atoms with van der Waals surface area (Å²) in [4.78, 5) is 17.4. The quantitative estimate of drug-likeness (QED) is 0.856. The maximum absolute atomic E-state index is 13.2. The second-order valence-electron chi connectivity index (χ2n) is 6.60. The zero-order valence-electron chi connectivity index (χ0n) is 13.7. The second kappa shape index (κ2) is 5.41. The van der Waals surface area contributed by atoms with Gasteiger partial charge < -0.3 is 9.80 Å². The predicted octanol–water partition coefficient (Wildman–Crippen LogP) is 2.78. The third kappa shape index (κ3) is 2.50. The van der Waals surface area contributed by atoms with Crippen LogP contribution >= 0.6 is 0 Å². The number of amides is 1. The molecule has 1 aliphatic carbocycles. The molecule has 23 heavy (non-hydrogen) atoms. The zero-order chi connectivity index (χ0) is 16.0. The molecule has 2 aliphatic rings. The molecule has 2 aromatic rings. The maximum atomic E-state index is 13.2. The van der Waals surface area contributed by atoms with Gasteiger partial charge in [0.2, 0.25) is 0 Å². The number of anilines is 2. The van der Waals surface area contributed by atoms with E-state index in [1.54, 1.807) is 4.68 Å². The monoisotopic (exact) mass is 310 g/mol. The first-order chi connectivity index (χ1) is 11.1. The maximum Gasteiger partial charge on any atom is 0.261 e. The fraction of sp³-hybridized carbons (Fsp3) is 0.444. The van der Waals surface area contributed by atoms with E-state index in [0.29, 0.717) is 5.92 Å². The molecule has 1 aliphatic heterocycles. The number of aromatic nitrogens is 2. The van der Waals surface area contributed by atoms with Crippen LogP contribution in [0.1, 0.15) is 41.2 Å². The lowest BCUT2D eigenvalue weighted by molar-refractivity contribution is 0.0986.